The second-order valence-electron chi connectivity index (χ2n) is 3.96. The Morgan fingerprint density at radius 1 is 1.47 bits per heavy atom. The summed E-state index contributed by atoms with van der Waals surface area (Å²) in [6.45, 7) is 2.71. The van der Waals surface area contributed by atoms with Gasteiger partial charge in [0.05, 0.1) is 5.69 Å². The largest absolute Gasteiger partial charge is 0.385 e. The Bertz CT molecular complexity index is 393. The summed E-state index contributed by atoms with van der Waals surface area (Å²) in [5, 5.41) is 0. The molecule has 1 aromatic carbocycles. The van der Waals surface area contributed by atoms with Gasteiger partial charge < -0.3 is 9.64 Å². The zero-order chi connectivity index (χ0) is 12.8. The first-order valence-electron chi connectivity index (χ1n) is 5.57. The van der Waals surface area contributed by atoms with Crippen LogP contribution in [0.4, 0.5) is 10.1 Å². The molecule has 0 aromatic heterocycles. The number of benzene rings is 1. The van der Waals surface area contributed by atoms with Crippen molar-refractivity contribution in [3.05, 3.63) is 29.6 Å². The molecule has 3 nitrogen and oxygen atoms in total. The summed E-state index contributed by atoms with van der Waals surface area (Å²) in [4.78, 5) is 13.2. The van der Waals surface area contributed by atoms with Crippen LogP contribution in [0.2, 0.25) is 0 Å². The lowest BCUT2D eigenvalue weighted by molar-refractivity contribution is 0.101. The molecule has 1 aromatic rings. The number of Topliss-reactive ketones (excluding diaryl/α,β-unsaturated/α-hetero) is 1. The zero-order valence-electron chi connectivity index (χ0n) is 10.5. The molecule has 0 aliphatic carbocycles. The van der Waals surface area contributed by atoms with Crippen LogP contribution in [-0.2, 0) is 4.74 Å². The molecular weight excluding hydrogens is 221 g/mol. The van der Waals surface area contributed by atoms with Gasteiger partial charge in [-0.3, -0.25) is 4.79 Å². The molecule has 0 unspecified atom stereocenters. The van der Waals surface area contributed by atoms with E-state index in [2.05, 4.69) is 0 Å². The van der Waals surface area contributed by atoms with Gasteiger partial charge in [0.25, 0.3) is 0 Å². The molecule has 0 fully saturated rings. The van der Waals surface area contributed by atoms with Crippen LogP contribution in [0.1, 0.15) is 23.7 Å². The molecule has 0 saturated heterocycles. The number of para-hydroxylation sites is 1. The number of hydrogen-bond acceptors (Lipinski definition) is 3. The number of rotatable bonds is 6. The van der Waals surface area contributed by atoms with Gasteiger partial charge in [0.1, 0.15) is 5.82 Å². The van der Waals surface area contributed by atoms with Crippen molar-refractivity contribution in [3.63, 3.8) is 0 Å². The zero-order valence-corrected chi connectivity index (χ0v) is 10.5. The highest BCUT2D eigenvalue weighted by Crippen LogP contribution is 2.24. The van der Waals surface area contributed by atoms with Gasteiger partial charge in [0.2, 0.25) is 0 Å². The summed E-state index contributed by atoms with van der Waals surface area (Å²) in [6, 6.07) is 4.57. The summed E-state index contributed by atoms with van der Waals surface area (Å²) in [5.74, 6) is -0.490. The molecule has 94 valence electrons. The normalized spacial score (nSPS) is 10.4. The average molecular weight is 239 g/mol. The van der Waals surface area contributed by atoms with Crippen molar-refractivity contribution in [1.82, 2.24) is 0 Å². The Kier molecular flexibility index (Phi) is 5.10. The van der Waals surface area contributed by atoms with E-state index in [1.54, 1.807) is 31.2 Å². The van der Waals surface area contributed by atoms with Crippen molar-refractivity contribution in [1.29, 1.82) is 0 Å². The van der Waals surface area contributed by atoms with Gasteiger partial charge >= 0.3 is 0 Å². The molecule has 4 heteroatoms. The van der Waals surface area contributed by atoms with Crippen LogP contribution in [-0.4, -0.2) is 33.1 Å². The highest BCUT2D eigenvalue weighted by atomic mass is 19.1. The van der Waals surface area contributed by atoms with E-state index in [0.29, 0.717) is 24.4 Å². The van der Waals surface area contributed by atoms with Crippen LogP contribution in [0.15, 0.2) is 18.2 Å². The topological polar surface area (TPSA) is 29.5 Å². The molecule has 0 aliphatic rings. The standard InChI is InChI=1S/C13H18FNO2/c1-10(16)11-6-4-7-12(14)13(11)15(2)8-5-9-17-3/h4,6-7H,5,8-9H2,1-3H3. The minimum atomic E-state index is -0.363. The first-order valence-corrected chi connectivity index (χ1v) is 5.57. The van der Waals surface area contributed by atoms with Gasteiger partial charge in [0, 0.05) is 32.9 Å². The molecule has 0 spiro atoms. The second kappa shape index (κ2) is 6.35. The number of ketones is 1. The van der Waals surface area contributed by atoms with Crippen LogP contribution in [0.25, 0.3) is 0 Å². The predicted molar refractivity (Wildman–Crippen MR) is 66.2 cm³/mol. The third-order valence-corrected chi connectivity index (χ3v) is 2.59. The number of carbonyl (C=O) groups is 1. The fraction of sp³-hybridized carbons (Fsp3) is 0.462. The lowest BCUT2D eigenvalue weighted by Crippen LogP contribution is -2.23. The molecule has 0 saturated carbocycles. The summed E-state index contributed by atoms with van der Waals surface area (Å²) >= 11 is 0. The van der Waals surface area contributed by atoms with Crippen molar-refractivity contribution in [3.8, 4) is 0 Å². The Hall–Kier alpha value is -1.42. The molecular formula is C13H18FNO2. The number of carbonyl (C=O) groups excluding carboxylic acids is 1. The summed E-state index contributed by atoms with van der Waals surface area (Å²) in [7, 11) is 3.41. The van der Waals surface area contributed by atoms with Gasteiger partial charge in [-0.1, -0.05) is 6.07 Å². The minimum absolute atomic E-state index is 0.127. The quantitative estimate of drug-likeness (QED) is 0.564. The number of ether oxygens (including phenoxy) is 1. The molecule has 0 atom stereocenters. The van der Waals surface area contributed by atoms with E-state index in [-0.39, 0.29) is 11.6 Å². The molecule has 1 rings (SSSR count). The molecule has 0 bridgehead atoms. The van der Waals surface area contributed by atoms with E-state index >= 15 is 0 Å². The van der Waals surface area contributed by atoms with Crippen LogP contribution in [0.3, 0.4) is 0 Å². The van der Waals surface area contributed by atoms with E-state index in [0.717, 1.165) is 6.42 Å². The maximum Gasteiger partial charge on any atom is 0.161 e. The van der Waals surface area contributed by atoms with Crippen molar-refractivity contribution < 1.29 is 13.9 Å². The third kappa shape index (κ3) is 3.53. The fourth-order valence-electron chi connectivity index (χ4n) is 1.75. The SMILES string of the molecule is COCCCN(C)c1c(F)cccc1C(C)=O. The predicted octanol–water partition coefficient (Wildman–Crippen LogP) is 2.50. The van der Waals surface area contributed by atoms with Crippen LogP contribution < -0.4 is 4.90 Å². The highest BCUT2D eigenvalue weighted by Gasteiger charge is 2.15. The van der Waals surface area contributed by atoms with Crippen molar-refractivity contribution in [2.75, 3.05) is 32.2 Å². The van der Waals surface area contributed by atoms with Gasteiger partial charge in [0.15, 0.2) is 5.78 Å². The Labute approximate surface area is 101 Å². The van der Waals surface area contributed by atoms with Crippen LogP contribution >= 0.6 is 0 Å². The van der Waals surface area contributed by atoms with Crippen molar-refractivity contribution in [2.45, 2.75) is 13.3 Å². The van der Waals surface area contributed by atoms with Crippen LogP contribution in [0, 0.1) is 5.82 Å². The van der Waals surface area contributed by atoms with Gasteiger partial charge in [-0.05, 0) is 25.5 Å². The number of nitrogens with zero attached hydrogens (tertiary/aromatic N) is 1. The maximum absolute atomic E-state index is 13.7. The van der Waals surface area contributed by atoms with Gasteiger partial charge in [-0.25, -0.2) is 4.39 Å². The Balaban J connectivity index is 2.90. The summed E-state index contributed by atoms with van der Waals surface area (Å²) in [6.07, 6.45) is 0.790. The fourth-order valence-corrected chi connectivity index (χ4v) is 1.75. The summed E-state index contributed by atoms with van der Waals surface area (Å²) in [5.41, 5.74) is 0.793. The van der Waals surface area contributed by atoms with E-state index < -0.39 is 0 Å². The number of hydrogen-bond donors (Lipinski definition) is 0. The molecule has 0 radical (unpaired) electrons. The second-order valence-corrected chi connectivity index (χ2v) is 3.96. The smallest absolute Gasteiger partial charge is 0.161 e. The Morgan fingerprint density at radius 2 is 2.18 bits per heavy atom. The summed E-state index contributed by atoms with van der Waals surface area (Å²) < 4.78 is 18.7. The third-order valence-electron chi connectivity index (χ3n) is 2.59. The molecule has 0 N–H and O–H groups in total. The lowest BCUT2D eigenvalue weighted by atomic mass is 10.1. The molecule has 0 heterocycles. The molecule has 17 heavy (non-hydrogen) atoms. The van der Waals surface area contributed by atoms with E-state index in [1.807, 2.05) is 0 Å². The maximum atomic E-state index is 13.7. The Morgan fingerprint density at radius 3 is 2.76 bits per heavy atom. The van der Waals surface area contributed by atoms with Crippen LogP contribution in [0.5, 0.6) is 0 Å². The lowest BCUT2D eigenvalue weighted by Gasteiger charge is -2.22. The monoisotopic (exact) mass is 239 g/mol. The number of anilines is 1. The first kappa shape index (κ1) is 13.6. The number of methoxy groups -OCH3 is 1. The minimum Gasteiger partial charge on any atom is -0.385 e. The van der Waals surface area contributed by atoms with Crippen molar-refractivity contribution in [2.24, 2.45) is 0 Å². The van der Waals surface area contributed by atoms with E-state index in [4.69, 9.17) is 4.74 Å². The van der Waals surface area contributed by atoms with E-state index in [1.165, 1.54) is 13.0 Å². The first-order chi connectivity index (χ1) is 8.07. The van der Waals surface area contributed by atoms with E-state index in [9.17, 15) is 9.18 Å². The molecule has 0 amide bonds. The van der Waals surface area contributed by atoms with Gasteiger partial charge in [-0.2, -0.15) is 0 Å². The highest BCUT2D eigenvalue weighted by molar-refractivity contribution is 5.99. The van der Waals surface area contributed by atoms with Gasteiger partial charge in [-0.15, -0.1) is 0 Å². The molecule has 0 aliphatic heterocycles. The van der Waals surface area contributed by atoms with Crippen molar-refractivity contribution >= 4 is 11.5 Å². The average Bonchev–Trinajstić information content (AvgIpc) is 2.28. The number of halogens is 1.